The number of unbranched alkanes of at least 4 members (excludes halogenated alkanes) is 12. The van der Waals surface area contributed by atoms with Crippen molar-refractivity contribution in [2.75, 3.05) is 13.1 Å². The largest absolute Gasteiger partial charge is 0.508 e. The van der Waals surface area contributed by atoms with Gasteiger partial charge in [-0.05, 0) is 80.7 Å². The number of phenols is 1. The smallest absolute Gasteiger partial charge is 0.303 e. The van der Waals surface area contributed by atoms with Crippen molar-refractivity contribution >= 4 is 5.97 Å². The predicted octanol–water partition coefficient (Wildman–Crippen LogP) is 8.92. The highest BCUT2D eigenvalue weighted by atomic mass is 16.4. The Morgan fingerprint density at radius 3 is 2.07 bits per heavy atom. The molecular formula is C37H61NO4. The van der Waals surface area contributed by atoms with E-state index in [9.17, 15) is 15.0 Å². The lowest BCUT2D eigenvalue weighted by atomic mass is 9.49. The number of hydrogen-bond donors (Lipinski definition) is 3. The summed E-state index contributed by atoms with van der Waals surface area (Å²) in [4.78, 5) is 12.9. The average molecular weight is 584 g/mol. The van der Waals surface area contributed by atoms with E-state index < -0.39 is 11.6 Å². The summed E-state index contributed by atoms with van der Waals surface area (Å²) < 4.78 is 0. The number of aromatic hydroxyl groups is 1. The first-order valence-electron chi connectivity index (χ1n) is 17.9. The second-order valence-corrected chi connectivity index (χ2v) is 14.2. The van der Waals surface area contributed by atoms with Crippen LogP contribution in [0, 0.1) is 5.92 Å². The number of nitrogens with zero attached hydrogens (tertiary/aromatic N) is 1. The van der Waals surface area contributed by atoms with Gasteiger partial charge in [-0.1, -0.05) is 109 Å². The number of aliphatic carboxylic acids is 1. The van der Waals surface area contributed by atoms with Crippen LogP contribution in [0.5, 0.6) is 5.75 Å². The number of rotatable bonds is 16. The zero-order chi connectivity index (χ0) is 29.8. The third-order valence-corrected chi connectivity index (χ3v) is 11.3. The number of carboxylic acid groups (broad SMARTS) is 1. The second kappa shape index (κ2) is 16.5. The molecule has 5 heteroatoms. The first-order chi connectivity index (χ1) is 20.4. The topological polar surface area (TPSA) is 81.0 Å². The van der Waals surface area contributed by atoms with E-state index in [4.69, 9.17) is 5.11 Å². The number of carboxylic acids is 1. The second-order valence-electron chi connectivity index (χ2n) is 14.2. The minimum atomic E-state index is -0.655. The van der Waals surface area contributed by atoms with Crippen LogP contribution >= 0.6 is 0 Å². The SMILES string of the molecule is CCCCCCCCCCCCCCCC(=O)O.Oc1ccc2c(c1)[C@@]13CCCC[C@@]1(O)[C@@H](C2)N(CC1CCC1)CC3. The van der Waals surface area contributed by atoms with Gasteiger partial charge in [0.25, 0.3) is 0 Å². The lowest BCUT2D eigenvalue weighted by Gasteiger charge is -2.64. The molecule has 1 saturated heterocycles. The van der Waals surface area contributed by atoms with Gasteiger partial charge < -0.3 is 15.3 Å². The van der Waals surface area contributed by atoms with Crippen molar-refractivity contribution in [3.05, 3.63) is 29.3 Å². The molecule has 3 atom stereocenters. The molecule has 1 heterocycles. The molecule has 0 radical (unpaired) electrons. The predicted molar refractivity (Wildman–Crippen MR) is 172 cm³/mol. The summed E-state index contributed by atoms with van der Waals surface area (Å²) in [5.41, 5.74) is 1.89. The van der Waals surface area contributed by atoms with Crippen LogP contribution in [0.25, 0.3) is 0 Å². The van der Waals surface area contributed by atoms with E-state index >= 15 is 0 Å². The Kier molecular flexibility index (Phi) is 13.1. The van der Waals surface area contributed by atoms with Gasteiger partial charge in [-0.3, -0.25) is 9.69 Å². The number of fused-ring (bicyclic) bond motifs is 1. The van der Waals surface area contributed by atoms with E-state index in [2.05, 4.69) is 17.9 Å². The van der Waals surface area contributed by atoms with E-state index in [1.54, 1.807) is 0 Å². The molecule has 5 nitrogen and oxygen atoms in total. The first-order valence-corrected chi connectivity index (χ1v) is 17.9. The number of aliphatic hydroxyl groups is 1. The van der Waals surface area contributed by atoms with Crippen molar-refractivity contribution in [1.82, 2.24) is 4.90 Å². The van der Waals surface area contributed by atoms with Crippen LogP contribution < -0.4 is 0 Å². The summed E-state index contributed by atoms with van der Waals surface area (Å²) >= 11 is 0. The van der Waals surface area contributed by atoms with Gasteiger partial charge in [-0.25, -0.2) is 0 Å². The maximum Gasteiger partial charge on any atom is 0.303 e. The maximum atomic E-state index is 11.9. The molecule has 1 aromatic carbocycles. The molecule has 1 aliphatic heterocycles. The molecule has 4 aliphatic rings. The lowest BCUT2D eigenvalue weighted by Crippen LogP contribution is -2.72. The van der Waals surface area contributed by atoms with Crippen LogP contribution in [-0.4, -0.2) is 50.9 Å². The Bertz CT molecular complexity index is 961. The van der Waals surface area contributed by atoms with Crippen LogP contribution in [0.2, 0.25) is 0 Å². The van der Waals surface area contributed by atoms with Crippen molar-refractivity contribution in [1.29, 1.82) is 0 Å². The van der Waals surface area contributed by atoms with E-state index in [1.807, 2.05) is 12.1 Å². The zero-order valence-electron chi connectivity index (χ0n) is 26.8. The van der Waals surface area contributed by atoms with Crippen LogP contribution in [0.3, 0.4) is 0 Å². The molecule has 0 aromatic heterocycles. The monoisotopic (exact) mass is 583 g/mol. The lowest BCUT2D eigenvalue weighted by molar-refractivity contribution is -0.169. The van der Waals surface area contributed by atoms with Crippen molar-refractivity contribution in [2.45, 2.75) is 172 Å². The Morgan fingerprint density at radius 1 is 0.857 bits per heavy atom. The van der Waals surface area contributed by atoms with E-state index in [0.29, 0.717) is 12.2 Å². The Morgan fingerprint density at radius 2 is 1.48 bits per heavy atom. The van der Waals surface area contributed by atoms with E-state index in [1.165, 1.54) is 114 Å². The van der Waals surface area contributed by atoms with Gasteiger partial charge >= 0.3 is 5.97 Å². The van der Waals surface area contributed by atoms with Crippen molar-refractivity contribution in [2.24, 2.45) is 5.92 Å². The molecule has 42 heavy (non-hydrogen) atoms. The Hall–Kier alpha value is -1.59. The summed E-state index contributed by atoms with van der Waals surface area (Å²) in [5.74, 6) is 0.551. The number of carbonyl (C=O) groups is 1. The van der Waals surface area contributed by atoms with E-state index in [-0.39, 0.29) is 11.5 Å². The van der Waals surface area contributed by atoms with Crippen LogP contribution in [0.4, 0.5) is 0 Å². The maximum absolute atomic E-state index is 11.9. The average Bonchev–Trinajstić information content (AvgIpc) is 2.94. The summed E-state index contributed by atoms with van der Waals surface area (Å²) in [7, 11) is 0. The minimum absolute atomic E-state index is 0.127. The van der Waals surface area contributed by atoms with Crippen molar-refractivity contribution in [3.63, 3.8) is 0 Å². The quantitative estimate of drug-likeness (QED) is 0.169. The van der Waals surface area contributed by atoms with Gasteiger partial charge in [0.2, 0.25) is 0 Å². The molecule has 2 bridgehead atoms. The molecule has 3 N–H and O–H groups in total. The molecular weight excluding hydrogens is 522 g/mol. The molecule has 0 unspecified atom stereocenters. The molecule has 1 aromatic rings. The number of piperidine rings is 1. The van der Waals surface area contributed by atoms with Crippen molar-refractivity contribution < 1.29 is 20.1 Å². The summed E-state index contributed by atoms with van der Waals surface area (Å²) in [5, 5.41) is 30.5. The molecule has 0 amide bonds. The van der Waals surface area contributed by atoms with Crippen molar-refractivity contribution in [3.8, 4) is 5.75 Å². The summed E-state index contributed by atoms with van der Waals surface area (Å²) in [6, 6.07) is 6.17. The normalized spacial score (nSPS) is 26.9. The highest BCUT2D eigenvalue weighted by Crippen LogP contribution is 2.58. The Labute approximate surface area is 256 Å². The number of hydrogen-bond acceptors (Lipinski definition) is 4. The van der Waals surface area contributed by atoms with Gasteiger partial charge in [-0.15, -0.1) is 0 Å². The van der Waals surface area contributed by atoms with E-state index in [0.717, 1.165) is 57.4 Å². The standard InChI is InChI=1S/C21H29NO2.C16H32O2/c23-17-7-6-16-12-19-21(24)9-2-1-8-20(21,18(16)13-17)10-11-22(19)14-15-4-3-5-15;1-2-3-4-5-6-7-8-9-10-11-12-13-14-15-16(17)18/h6-7,13,15,19,23-24H,1-5,8-12,14H2;2-15H2,1H3,(H,17,18)/t19-,20+,21-;/m1./s1. The summed E-state index contributed by atoms with van der Waals surface area (Å²) in [6.07, 6.45) is 27.7. The minimum Gasteiger partial charge on any atom is -0.508 e. The van der Waals surface area contributed by atoms with Gasteiger partial charge in [0.1, 0.15) is 5.75 Å². The highest BCUT2D eigenvalue weighted by Gasteiger charge is 2.63. The first kappa shape index (κ1) is 33.3. The number of phenolic OH excluding ortho intramolecular Hbond substituents is 1. The molecule has 238 valence electrons. The highest BCUT2D eigenvalue weighted by molar-refractivity contribution is 5.66. The number of benzene rings is 1. The molecule has 3 aliphatic carbocycles. The molecule has 5 rings (SSSR count). The summed E-state index contributed by atoms with van der Waals surface area (Å²) in [6.45, 7) is 4.55. The fourth-order valence-corrected chi connectivity index (χ4v) is 8.61. The fraction of sp³-hybridized carbons (Fsp3) is 0.811. The van der Waals surface area contributed by atoms with Gasteiger partial charge in [0.05, 0.1) is 5.60 Å². The van der Waals surface area contributed by atoms with Crippen LogP contribution in [0.1, 0.15) is 159 Å². The molecule has 0 spiro atoms. The van der Waals surface area contributed by atoms with Gasteiger partial charge in [0.15, 0.2) is 0 Å². The number of likely N-dealkylation sites (tertiary alicyclic amines) is 1. The molecule has 2 saturated carbocycles. The Balaban J connectivity index is 0.000000204. The van der Waals surface area contributed by atoms with Crippen LogP contribution in [0.15, 0.2) is 18.2 Å². The fourth-order valence-electron chi connectivity index (χ4n) is 8.61. The van der Waals surface area contributed by atoms with Gasteiger partial charge in [0, 0.05) is 24.4 Å². The zero-order valence-corrected chi connectivity index (χ0v) is 26.8. The van der Waals surface area contributed by atoms with Gasteiger partial charge in [-0.2, -0.15) is 0 Å². The third kappa shape index (κ3) is 8.31. The third-order valence-electron chi connectivity index (χ3n) is 11.3. The molecule has 3 fully saturated rings. The van der Waals surface area contributed by atoms with Crippen LogP contribution in [-0.2, 0) is 16.6 Å².